The van der Waals surface area contributed by atoms with Gasteiger partial charge in [0.05, 0.1) is 19.1 Å². The molecule has 0 saturated heterocycles. The van der Waals surface area contributed by atoms with E-state index in [-0.39, 0.29) is 5.97 Å². The largest absolute Gasteiger partial charge is 0.497 e. The highest BCUT2D eigenvalue weighted by atomic mass is 16.5. The third kappa shape index (κ3) is 2.95. The molecule has 1 heterocycles. The molecule has 4 nitrogen and oxygen atoms in total. The molecule has 3 aromatic rings. The molecule has 0 fully saturated rings. The average Bonchev–Trinajstić information content (AvgIpc) is 2.63. The molecule has 25 heavy (non-hydrogen) atoms. The molecule has 0 bridgehead atoms. The molecular weight excluding hydrogens is 314 g/mol. The van der Waals surface area contributed by atoms with Crippen molar-refractivity contribution in [2.75, 3.05) is 13.7 Å². The second kappa shape index (κ2) is 6.93. The molecule has 0 aliphatic carbocycles. The lowest BCUT2D eigenvalue weighted by atomic mass is 10.0. The minimum absolute atomic E-state index is 0.293. The Kier molecular flexibility index (Phi) is 4.70. The number of methoxy groups -OCH3 is 1. The van der Waals surface area contributed by atoms with Gasteiger partial charge in [0.25, 0.3) is 0 Å². The number of rotatable bonds is 4. The number of pyridine rings is 1. The summed E-state index contributed by atoms with van der Waals surface area (Å²) in [5.41, 5.74) is 3.53. The van der Waals surface area contributed by atoms with Crippen LogP contribution in [0.5, 0.6) is 5.75 Å². The first-order chi connectivity index (χ1) is 12.1. The van der Waals surface area contributed by atoms with Crippen LogP contribution in [0.15, 0.2) is 48.5 Å². The molecule has 0 aliphatic heterocycles. The van der Waals surface area contributed by atoms with E-state index in [1.807, 2.05) is 62.4 Å². The SMILES string of the molecule is CCOC(=O)c1c(C)[n+](-c2ccc(OC)cc2)c(C)c2ccccc12. The quantitative estimate of drug-likeness (QED) is 0.535. The number of fused-ring (bicyclic) bond motifs is 1. The van der Waals surface area contributed by atoms with E-state index in [1.54, 1.807) is 7.11 Å². The number of carbonyl (C=O) groups is 1. The third-order valence-corrected chi connectivity index (χ3v) is 4.43. The van der Waals surface area contributed by atoms with Gasteiger partial charge in [0.2, 0.25) is 5.69 Å². The topological polar surface area (TPSA) is 39.4 Å². The van der Waals surface area contributed by atoms with E-state index in [2.05, 4.69) is 11.5 Å². The van der Waals surface area contributed by atoms with Gasteiger partial charge >= 0.3 is 5.97 Å². The van der Waals surface area contributed by atoms with Crippen molar-refractivity contribution in [1.82, 2.24) is 0 Å². The van der Waals surface area contributed by atoms with Gasteiger partial charge in [-0.15, -0.1) is 0 Å². The summed E-state index contributed by atoms with van der Waals surface area (Å²) in [6.07, 6.45) is 0. The number of hydrogen-bond acceptors (Lipinski definition) is 3. The molecule has 0 atom stereocenters. The van der Waals surface area contributed by atoms with Crippen LogP contribution in [0.2, 0.25) is 0 Å². The van der Waals surface area contributed by atoms with Crippen molar-refractivity contribution in [2.45, 2.75) is 20.8 Å². The van der Waals surface area contributed by atoms with E-state index in [0.29, 0.717) is 12.2 Å². The first-order valence-electron chi connectivity index (χ1n) is 8.34. The van der Waals surface area contributed by atoms with Gasteiger partial charge < -0.3 is 9.47 Å². The third-order valence-electron chi connectivity index (χ3n) is 4.43. The number of hydrogen-bond donors (Lipinski definition) is 0. The van der Waals surface area contributed by atoms with E-state index in [4.69, 9.17) is 9.47 Å². The molecule has 0 unspecified atom stereocenters. The van der Waals surface area contributed by atoms with Crippen LogP contribution in [0.4, 0.5) is 0 Å². The van der Waals surface area contributed by atoms with Gasteiger partial charge in [0, 0.05) is 31.4 Å². The van der Waals surface area contributed by atoms with Crippen LogP contribution in [0.25, 0.3) is 16.5 Å². The Morgan fingerprint density at radius 3 is 2.20 bits per heavy atom. The van der Waals surface area contributed by atoms with E-state index in [9.17, 15) is 4.79 Å². The van der Waals surface area contributed by atoms with Gasteiger partial charge in [-0.2, -0.15) is 4.57 Å². The summed E-state index contributed by atoms with van der Waals surface area (Å²) in [5.74, 6) is 0.504. The number of aryl methyl sites for hydroxylation is 1. The molecule has 0 spiro atoms. The van der Waals surface area contributed by atoms with Crippen molar-refractivity contribution in [3.05, 3.63) is 65.5 Å². The number of aromatic nitrogens is 1. The minimum Gasteiger partial charge on any atom is -0.497 e. The zero-order valence-corrected chi connectivity index (χ0v) is 15.0. The Labute approximate surface area is 147 Å². The molecule has 0 aliphatic rings. The second-order valence-corrected chi connectivity index (χ2v) is 5.85. The summed E-state index contributed by atoms with van der Waals surface area (Å²) in [7, 11) is 1.65. The van der Waals surface area contributed by atoms with Crippen molar-refractivity contribution in [2.24, 2.45) is 0 Å². The van der Waals surface area contributed by atoms with E-state index >= 15 is 0 Å². The molecule has 0 saturated carbocycles. The lowest BCUT2D eigenvalue weighted by molar-refractivity contribution is -0.608. The van der Waals surface area contributed by atoms with E-state index in [0.717, 1.165) is 33.6 Å². The number of carbonyl (C=O) groups excluding carboxylic acids is 1. The highest BCUT2D eigenvalue weighted by Gasteiger charge is 2.27. The monoisotopic (exact) mass is 336 g/mol. The van der Waals surface area contributed by atoms with Crippen molar-refractivity contribution in [1.29, 1.82) is 0 Å². The molecule has 1 aromatic heterocycles. The highest BCUT2D eigenvalue weighted by Crippen LogP contribution is 2.25. The molecule has 0 N–H and O–H groups in total. The normalized spacial score (nSPS) is 10.7. The summed E-state index contributed by atoms with van der Waals surface area (Å²) < 4.78 is 12.6. The van der Waals surface area contributed by atoms with Crippen LogP contribution < -0.4 is 9.30 Å². The first kappa shape index (κ1) is 17.0. The summed E-state index contributed by atoms with van der Waals surface area (Å²) >= 11 is 0. The van der Waals surface area contributed by atoms with Gasteiger partial charge in [-0.1, -0.05) is 18.2 Å². The fourth-order valence-electron chi connectivity index (χ4n) is 3.27. The molecule has 4 heteroatoms. The summed E-state index contributed by atoms with van der Waals surface area (Å²) in [6, 6.07) is 15.7. The standard InChI is InChI=1S/C21H22NO3/c1-5-25-21(23)20-15(3)22(16-10-12-17(24-4)13-11-16)14(2)18-8-6-7-9-19(18)20/h6-13H,5H2,1-4H3/q+1. The van der Waals surface area contributed by atoms with Crippen molar-refractivity contribution < 1.29 is 18.8 Å². The van der Waals surface area contributed by atoms with E-state index < -0.39 is 0 Å². The fourth-order valence-corrected chi connectivity index (χ4v) is 3.27. The van der Waals surface area contributed by atoms with Crippen LogP contribution in [0.1, 0.15) is 28.7 Å². The van der Waals surface area contributed by atoms with Gasteiger partial charge in [-0.05, 0) is 25.1 Å². The Morgan fingerprint density at radius 2 is 1.60 bits per heavy atom. The predicted octanol–water partition coefficient (Wildman–Crippen LogP) is 3.92. The maximum atomic E-state index is 12.6. The van der Waals surface area contributed by atoms with Crippen molar-refractivity contribution >= 4 is 16.7 Å². The van der Waals surface area contributed by atoms with Crippen molar-refractivity contribution in [3.8, 4) is 11.4 Å². The maximum Gasteiger partial charge on any atom is 0.345 e. The number of benzene rings is 2. The molecule has 2 aromatic carbocycles. The number of esters is 1. The average molecular weight is 336 g/mol. The Morgan fingerprint density at radius 1 is 0.960 bits per heavy atom. The fraction of sp³-hybridized carbons (Fsp3) is 0.238. The van der Waals surface area contributed by atoms with Crippen molar-refractivity contribution in [3.63, 3.8) is 0 Å². The lowest BCUT2D eigenvalue weighted by Crippen LogP contribution is -2.40. The van der Waals surface area contributed by atoms with Crippen LogP contribution in [0.3, 0.4) is 0 Å². The predicted molar refractivity (Wildman–Crippen MR) is 97.5 cm³/mol. The van der Waals surface area contributed by atoms with Crippen LogP contribution in [-0.4, -0.2) is 19.7 Å². The highest BCUT2D eigenvalue weighted by molar-refractivity contribution is 6.05. The van der Waals surface area contributed by atoms with Gasteiger partial charge in [0.1, 0.15) is 11.3 Å². The van der Waals surface area contributed by atoms with Crippen LogP contribution >= 0.6 is 0 Å². The summed E-state index contributed by atoms with van der Waals surface area (Å²) in [6.45, 7) is 6.19. The van der Waals surface area contributed by atoms with Crippen LogP contribution in [-0.2, 0) is 4.74 Å². The minimum atomic E-state index is -0.293. The molecular formula is C21H22NO3+. The first-order valence-corrected chi connectivity index (χ1v) is 8.34. The molecule has 128 valence electrons. The Balaban J connectivity index is 2.33. The lowest BCUT2D eigenvalue weighted by Gasteiger charge is -2.12. The van der Waals surface area contributed by atoms with Gasteiger partial charge in [0.15, 0.2) is 11.4 Å². The number of ether oxygens (including phenoxy) is 2. The maximum absolute atomic E-state index is 12.6. The van der Waals surface area contributed by atoms with Crippen LogP contribution in [0, 0.1) is 13.8 Å². The Hall–Kier alpha value is -2.88. The van der Waals surface area contributed by atoms with Gasteiger partial charge in [-0.25, -0.2) is 4.79 Å². The molecule has 0 radical (unpaired) electrons. The molecule has 0 amide bonds. The summed E-state index contributed by atoms with van der Waals surface area (Å²) in [4.78, 5) is 12.6. The van der Waals surface area contributed by atoms with E-state index in [1.165, 1.54) is 0 Å². The smallest absolute Gasteiger partial charge is 0.345 e. The van der Waals surface area contributed by atoms with Gasteiger partial charge in [-0.3, -0.25) is 0 Å². The number of nitrogens with zero attached hydrogens (tertiary/aromatic N) is 1. The second-order valence-electron chi connectivity index (χ2n) is 5.85. The molecule has 3 rings (SSSR count). The zero-order valence-electron chi connectivity index (χ0n) is 15.0. The summed E-state index contributed by atoms with van der Waals surface area (Å²) in [5, 5.41) is 1.95. The zero-order chi connectivity index (χ0) is 18.0. The Bertz CT molecular complexity index is 930.